The zero-order valence-corrected chi connectivity index (χ0v) is 6.13. The number of primary amides is 1. The lowest BCUT2D eigenvalue weighted by Crippen LogP contribution is -2.14. The van der Waals surface area contributed by atoms with Gasteiger partial charge in [0.2, 0.25) is 0 Å². The summed E-state index contributed by atoms with van der Waals surface area (Å²) in [7, 11) is 0. The van der Waals surface area contributed by atoms with Crippen LogP contribution in [0.1, 0.15) is 13.3 Å². The fourth-order valence-electron chi connectivity index (χ4n) is 0.478. The highest BCUT2D eigenvalue weighted by atomic mass is 16.5. The molecule has 1 amide bonds. The van der Waals surface area contributed by atoms with Gasteiger partial charge in [0.1, 0.15) is 0 Å². The summed E-state index contributed by atoms with van der Waals surface area (Å²) >= 11 is 0. The molecule has 10 heavy (non-hydrogen) atoms. The summed E-state index contributed by atoms with van der Waals surface area (Å²) in [6, 6.07) is 0. The first-order valence-corrected chi connectivity index (χ1v) is 3.27. The van der Waals surface area contributed by atoms with Gasteiger partial charge in [-0.1, -0.05) is 0 Å². The maximum absolute atomic E-state index is 9.99. The molecule has 0 aromatic carbocycles. The second-order valence-corrected chi connectivity index (χ2v) is 1.72. The quantitative estimate of drug-likeness (QED) is 0.576. The number of nitrogens with two attached hydrogens (primary N) is 1. The van der Waals surface area contributed by atoms with E-state index in [0.717, 1.165) is 0 Å². The molecule has 4 nitrogen and oxygen atoms in total. The Bertz CT molecular complexity index is 95.0. The van der Waals surface area contributed by atoms with E-state index in [4.69, 9.17) is 10.5 Å². The number of hydrogen-bond donors (Lipinski definition) is 1. The van der Waals surface area contributed by atoms with E-state index >= 15 is 0 Å². The molecule has 0 saturated carbocycles. The van der Waals surface area contributed by atoms with Crippen molar-refractivity contribution in [1.82, 2.24) is 0 Å². The van der Waals surface area contributed by atoms with Gasteiger partial charge in [-0.05, 0) is 6.92 Å². The van der Waals surface area contributed by atoms with Crippen LogP contribution >= 0.6 is 0 Å². The highest BCUT2D eigenvalue weighted by molar-refractivity contribution is 5.64. The minimum atomic E-state index is -0.725. The van der Waals surface area contributed by atoms with Gasteiger partial charge in [-0.2, -0.15) is 0 Å². The van der Waals surface area contributed by atoms with Crippen LogP contribution in [0.15, 0.2) is 0 Å². The fraction of sp³-hybridized carbons (Fsp3) is 0.833. The zero-order chi connectivity index (χ0) is 7.82. The third-order valence-electron chi connectivity index (χ3n) is 0.881. The second-order valence-electron chi connectivity index (χ2n) is 1.72. The van der Waals surface area contributed by atoms with Gasteiger partial charge < -0.3 is 15.2 Å². The van der Waals surface area contributed by atoms with Crippen LogP contribution in [0.4, 0.5) is 4.79 Å². The molecule has 0 aromatic rings. The Hall–Kier alpha value is -0.770. The Morgan fingerprint density at radius 2 is 2.20 bits per heavy atom. The number of carbonyl (C=O) groups excluding carboxylic acids is 1. The maximum Gasteiger partial charge on any atom is 0.404 e. The van der Waals surface area contributed by atoms with Crippen molar-refractivity contribution < 1.29 is 14.3 Å². The molecule has 0 bridgehead atoms. The minimum absolute atomic E-state index is 0.343. The van der Waals surface area contributed by atoms with Crippen molar-refractivity contribution in [3.8, 4) is 0 Å². The minimum Gasteiger partial charge on any atom is -0.450 e. The Kier molecular flexibility index (Phi) is 5.86. The molecule has 2 N–H and O–H groups in total. The Labute approximate surface area is 60.3 Å². The van der Waals surface area contributed by atoms with E-state index in [2.05, 4.69) is 4.74 Å². The van der Waals surface area contributed by atoms with Crippen molar-refractivity contribution >= 4 is 6.09 Å². The number of amides is 1. The first-order chi connectivity index (χ1) is 4.77. The lowest BCUT2D eigenvalue weighted by atomic mass is 10.5. The van der Waals surface area contributed by atoms with E-state index < -0.39 is 6.09 Å². The Morgan fingerprint density at radius 1 is 1.50 bits per heavy atom. The van der Waals surface area contributed by atoms with Crippen LogP contribution in [0.3, 0.4) is 0 Å². The van der Waals surface area contributed by atoms with Gasteiger partial charge in [-0.25, -0.2) is 4.79 Å². The van der Waals surface area contributed by atoms with Gasteiger partial charge in [-0.15, -0.1) is 0 Å². The van der Waals surface area contributed by atoms with Gasteiger partial charge in [0, 0.05) is 19.6 Å². The number of rotatable bonds is 5. The van der Waals surface area contributed by atoms with E-state index in [1.165, 1.54) is 0 Å². The average Bonchev–Trinajstić information content (AvgIpc) is 1.87. The van der Waals surface area contributed by atoms with Gasteiger partial charge in [0.05, 0.1) is 6.61 Å². The summed E-state index contributed by atoms with van der Waals surface area (Å²) in [6.07, 6.45) is -0.0203. The predicted molar refractivity (Wildman–Crippen MR) is 36.6 cm³/mol. The first kappa shape index (κ1) is 9.23. The summed E-state index contributed by atoms with van der Waals surface area (Å²) in [5.41, 5.74) is 4.71. The van der Waals surface area contributed by atoms with Crippen LogP contribution in [0.5, 0.6) is 0 Å². The summed E-state index contributed by atoms with van der Waals surface area (Å²) in [5, 5.41) is 0. The summed E-state index contributed by atoms with van der Waals surface area (Å²) in [6.45, 7) is 3.56. The number of hydrogen-bond acceptors (Lipinski definition) is 3. The molecule has 0 rings (SSSR count). The maximum atomic E-state index is 9.99. The Balaban J connectivity index is 2.84. The molecule has 0 spiro atoms. The van der Waals surface area contributed by atoms with Crippen molar-refractivity contribution in [2.75, 3.05) is 19.8 Å². The summed E-state index contributed by atoms with van der Waals surface area (Å²) < 4.78 is 9.43. The molecule has 4 heteroatoms. The van der Waals surface area contributed by atoms with Crippen LogP contribution in [-0.4, -0.2) is 25.9 Å². The van der Waals surface area contributed by atoms with Crippen LogP contribution in [0.2, 0.25) is 0 Å². The van der Waals surface area contributed by atoms with E-state index in [1.807, 2.05) is 6.92 Å². The molecule has 0 heterocycles. The van der Waals surface area contributed by atoms with Gasteiger partial charge in [-0.3, -0.25) is 0 Å². The van der Waals surface area contributed by atoms with Gasteiger partial charge >= 0.3 is 6.09 Å². The monoisotopic (exact) mass is 147 g/mol. The average molecular weight is 147 g/mol. The van der Waals surface area contributed by atoms with E-state index in [0.29, 0.717) is 26.2 Å². The molecular formula is C6H13NO3. The first-order valence-electron chi connectivity index (χ1n) is 3.27. The molecule has 0 radical (unpaired) electrons. The summed E-state index contributed by atoms with van der Waals surface area (Å²) in [4.78, 5) is 9.99. The summed E-state index contributed by atoms with van der Waals surface area (Å²) in [5.74, 6) is 0. The number of carbonyl (C=O) groups is 1. The number of ether oxygens (including phenoxy) is 2. The molecular weight excluding hydrogens is 134 g/mol. The molecule has 0 unspecified atom stereocenters. The molecule has 0 aliphatic heterocycles. The largest absolute Gasteiger partial charge is 0.450 e. The standard InChI is InChI=1S/C6H13NO3/c1-2-9-4-3-5-10-6(7)8/h2-5H2,1H3,(H2,7,8). The third-order valence-corrected chi connectivity index (χ3v) is 0.881. The SMILES string of the molecule is CCOCCCOC(N)=O. The molecule has 60 valence electrons. The molecule has 0 atom stereocenters. The van der Waals surface area contributed by atoms with Crippen molar-refractivity contribution in [2.45, 2.75) is 13.3 Å². The second kappa shape index (κ2) is 6.35. The highest BCUT2D eigenvalue weighted by Gasteiger charge is 1.91. The highest BCUT2D eigenvalue weighted by Crippen LogP contribution is 1.83. The van der Waals surface area contributed by atoms with Crippen LogP contribution < -0.4 is 5.73 Å². The lowest BCUT2D eigenvalue weighted by molar-refractivity contribution is 0.112. The normalized spacial score (nSPS) is 9.30. The topological polar surface area (TPSA) is 61.6 Å². The van der Waals surface area contributed by atoms with Crippen LogP contribution in [0.25, 0.3) is 0 Å². The third kappa shape index (κ3) is 7.23. The van der Waals surface area contributed by atoms with E-state index in [1.54, 1.807) is 0 Å². The van der Waals surface area contributed by atoms with Crippen molar-refractivity contribution in [1.29, 1.82) is 0 Å². The van der Waals surface area contributed by atoms with Gasteiger partial charge in [0.15, 0.2) is 0 Å². The molecule has 0 aromatic heterocycles. The zero-order valence-electron chi connectivity index (χ0n) is 6.13. The van der Waals surface area contributed by atoms with Crippen molar-refractivity contribution in [3.63, 3.8) is 0 Å². The van der Waals surface area contributed by atoms with Crippen molar-refractivity contribution in [3.05, 3.63) is 0 Å². The molecule has 0 aliphatic carbocycles. The fourth-order valence-corrected chi connectivity index (χ4v) is 0.478. The van der Waals surface area contributed by atoms with Crippen LogP contribution in [-0.2, 0) is 9.47 Å². The smallest absolute Gasteiger partial charge is 0.404 e. The van der Waals surface area contributed by atoms with E-state index in [9.17, 15) is 4.79 Å². The van der Waals surface area contributed by atoms with Crippen LogP contribution in [0, 0.1) is 0 Å². The van der Waals surface area contributed by atoms with E-state index in [-0.39, 0.29) is 0 Å². The molecule has 0 saturated heterocycles. The van der Waals surface area contributed by atoms with Gasteiger partial charge in [0.25, 0.3) is 0 Å². The molecule has 0 fully saturated rings. The Morgan fingerprint density at radius 3 is 2.70 bits per heavy atom. The molecule has 0 aliphatic rings. The lowest BCUT2D eigenvalue weighted by Gasteiger charge is -2.00. The predicted octanol–water partition coefficient (Wildman–Crippen LogP) is 0.508. The van der Waals surface area contributed by atoms with Crippen molar-refractivity contribution in [2.24, 2.45) is 5.73 Å².